The van der Waals surface area contributed by atoms with Gasteiger partial charge < -0.3 is 4.90 Å². The molecule has 0 saturated carbocycles. The lowest BCUT2D eigenvalue weighted by molar-refractivity contribution is -0.137. The zero-order chi connectivity index (χ0) is 13.9. The molecule has 18 heavy (non-hydrogen) atoms. The third kappa shape index (κ3) is 4.01. The summed E-state index contributed by atoms with van der Waals surface area (Å²) in [4.78, 5) is 12.8. The van der Waals surface area contributed by atoms with Crippen molar-refractivity contribution in [1.29, 1.82) is 0 Å². The maximum Gasteiger partial charge on any atom is 0.416 e. The number of nitrogens with zero attached hydrogens (tertiary/aromatic N) is 1. The Morgan fingerprint density at radius 1 is 1.33 bits per heavy atom. The van der Waals surface area contributed by atoms with E-state index >= 15 is 0 Å². The highest BCUT2D eigenvalue weighted by atomic mass is 79.9. The van der Waals surface area contributed by atoms with Crippen LogP contribution in [0.4, 0.5) is 13.2 Å². The molecule has 0 aromatic heterocycles. The summed E-state index contributed by atoms with van der Waals surface area (Å²) in [5, 5.41) is 0. The quantitative estimate of drug-likeness (QED) is 0.833. The van der Waals surface area contributed by atoms with E-state index in [1.54, 1.807) is 14.1 Å². The molecule has 6 heteroatoms. The smallest absolute Gasteiger partial charge is 0.349 e. The SMILES string of the molecule is CN(C)C(=O)CCc1ccc(C(F)(F)F)cc1Br. The Hall–Kier alpha value is -1.04. The maximum atomic E-state index is 12.4. The summed E-state index contributed by atoms with van der Waals surface area (Å²) in [5.41, 5.74) is -0.00439. The second-order valence-electron chi connectivity index (χ2n) is 4.09. The van der Waals surface area contributed by atoms with Gasteiger partial charge in [-0.25, -0.2) is 0 Å². The van der Waals surface area contributed by atoms with E-state index in [4.69, 9.17) is 0 Å². The summed E-state index contributed by atoms with van der Waals surface area (Å²) in [5.74, 6) is -0.0539. The lowest BCUT2D eigenvalue weighted by Crippen LogP contribution is -2.21. The van der Waals surface area contributed by atoms with Crippen LogP contribution in [0.5, 0.6) is 0 Å². The van der Waals surface area contributed by atoms with Crippen molar-refractivity contribution in [2.24, 2.45) is 0 Å². The average molecular weight is 324 g/mol. The molecular weight excluding hydrogens is 311 g/mol. The third-order valence-corrected chi connectivity index (χ3v) is 3.23. The highest BCUT2D eigenvalue weighted by Crippen LogP contribution is 2.32. The van der Waals surface area contributed by atoms with Crippen molar-refractivity contribution < 1.29 is 18.0 Å². The minimum Gasteiger partial charge on any atom is -0.349 e. The van der Waals surface area contributed by atoms with Crippen LogP contribution < -0.4 is 0 Å². The Bertz CT molecular complexity index is 443. The van der Waals surface area contributed by atoms with Crippen LogP contribution in [0.15, 0.2) is 22.7 Å². The van der Waals surface area contributed by atoms with Crippen LogP contribution in [0, 0.1) is 0 Å². The zero-order valence-electron chi connectivity index (χ0n) is 10.0. The van der Waals surface area contributed by atoms with Gasteiger partial charge >= 0.3 is 6.18 Å². The van der Waals surface area contributed by atoms with E-state index in [1.807, 2.05) is 0 Å². The maximum absolute atomic E-state index is 12.4. The van der Waals surface area contributed by atoms with Crippen LogP contribution >= 0.6 is 15.9 Å². The molecule has 100 valence electrons. The number of carbonyl (C=O) groups is 1. The van der Waals surface area contributed by atoms with Crippen molar-refractivity contribution in [1.82, 2.24) is 4.90 Å². The molecule has 2 nitrogen and oxygen atoms in total. The van der Waals surface area contributed by atoms with Crippen LogP contribution in [0.1, 0.15) is 17.5 Å². The van der Waals surface area contributed by atoms with Crippen molar-refractivity contribution in [2.45, 2.75) is 19.0 Å². The van der Waals surface area contributed by atoms with E-state index in [9.17, 15) is 18.0 Å². The van der Waals surface area contributed by atoms with Crippen LogP contribution in [0.25, 0.3) is 0 Å². The predicted molar refractivity (Wildman–Crippen MR) is 66.2 cm³/mol. The third-order valence-electron chi connectivity index (χ3n) is 2.49. The van der Waals surface area contributed by atoms with Gasteiger partial charge in [0.15, 0.2) is 0 Å². The largest absolute Gasteiger partial charge is 0.416 e. The van der Waals surface area contributed by atoms with Crippen molar-refractivity contribution in [3.05, 3.63) is 33.8 Å². The van der Waals surface area contributed by atoms with Crippen molar-refractivity contribution in [3.63, 3.8) is 0 Å². The monoisotopic (exact) mass is 323 g/mol. The molecule has 0 bridgehead atoms. The molecule has 0 saturated heterocycles. The number of rotatable bonds is 3. The van der Waals surface area contributed by atoms with Gasteiger partial charge in [0.25, 0.3) is 0 Å². The van der Waals surface area contributed by atoms with Gasteiger partial charge in [-0.1, -0.05) is 22.0 Å². The predicted octanol–water partition coefficient (Wildman–Crippen LogP) is 3.49. The molecule has 1 aromatic carbocycles. The molecule has 1 aromatic rings. The minimum absolute atomic E-state index is 0.0539. The number of halogens is 4. The van der Waals surface area contributed by atoms with E-state index in [-0.39, 0.29) is 12.3 Å². The summed E-state index contributed by atoms with van der Waals surface area (Å²) in [6.45, 7) is 0. The summed E-state index contributed by atoms with van der Waals surface area (Å²) in [6, 6.07) is 3.46. The fourth-order valence-electron chi connectivity index (χ4n) is 1.39. The number of carbonyl (C=O) groups excluding carboxylic acids is 1. The van der Waals surface area contributed by atoms with Gasteiger partial charge in [-0.2, -0.15) is 13.2 Å². The zero-order valence-corrected chi connectivity index (χ0v) is 11.6. The van der Waals surface area contributed by atoms with Crippen molar-refractivity contribution in [2.75, 3.05) is 14.1 Å². The van der Waals surface area contributed by atoms with Gasteiger partial charge in [-0.05, 0) is 24.1 Å². The number of aryl methyl sites for hydroxylation is 1. The lowest BCUT2D eigenvalue weighted by Gasteiger charge is -2.12. The molecule has 0 atom stereocenters. The Labute approximate surface area is 112 Å². The summed E-state index contributed by atoms with van der Waals surface area (Å²) in [7, 11) is 3.29. The standard InChI is InChI=1S/C12H13BrF3NO/c1-17(2)11(18)6-4-8-3-5-9(7-10(8)13)12(14,15)16/h3,5,7H,4,6H2,1-2H3. The summed E-state index contributed by atoms with van der Waals surface area (Å²) >= 11 is 3.10. The van der Waals surface area contributed by atoms with E-state index in [1.165, 1.54) is 11.0 Å². The first-order valence-corrected chi connectivity index (χ1v) is 6.07. The summed E-state index contributed by atoms with van der Waals surface area (Å²) in [6.07, 6.45) is -3.66. The molecule has 0 aliphatic rings. The Kier molecular flexibility index (Phi) is 4.78. The van der Waals surface area contributed by atoms with Gasteiger partial charge in [-0.3, -0.25) is 4.79 Å². The van der Waals surface area contributed by atoms with Gasteiger partial charge in [0.1, 0.15) is 0 Å². The number of alkyl halides is 3. The number of hydrogen-bond donors (Lipinski definition) is 0. The van der Waals surface area contributed by atoms with Gasteiger partial charge in [0.2, 0.25) is 5.91 Å². The molecule has 0 radical (unpaired) electrons. The van der Waals surface area contributed by atoms with Crippen molar-refractivity contribution >= 4 is 21.8 Å². The van der Waals surface area contributed by atoms with Crippen LogP contribution in [-0.4, -0.2) is 24.9 Å². The topological polar surface area (TPSA) is 20.3 Å². The van der Waals surface area contributed by atoms with Crippen LogP contribution in [0.3, 0.4) is 0 Å². The molecule has 1 amide bonds. The van der Waals surface area contributed by atoms with Gasteiger partial charge in [0, 0.05) is 25.0 Å². The molecule has 1 rings (SSSR count). The van der Waals surface area contributed by atoms with E-state index < -0.39 is 11.7 Å². The molecule has 0 unspecified atom stereocenters. The molecule has 0 aliphatic carbocycles. The first kappa shape index (κ1) is 15.0. The highest BCUT2D eigenvalue weighted by Gasteiger charge is 2.30. The molecule has 0 spiro atoms. The Balaban J connectivity index is 2.78. The van der Waals surface area contributed by atoms with E-state index in [0.29, 0.717) is 16.5 Å². The van der Waals surface area contributed by atoms with Gasteiger partial charge in [0.05, 0.1) is 5.56 Å². The first-order valence-electron chi connectivity index (χ1n) is 5.27. The number of benzene rings is 1. The first-order chi connectivity index (χ1) is 8.21. The highest BCUT2D eigenvalue weighted by molar-refractivity contribution is 9.10. The van der Waals surface area contributed by atoms with E-state index in [0.717, 1.165) is 12.1 Å². The fraction of sp³-hybridized carbons (Fsp3) is 0.417. The van der Waals surface area contributed by atoms with Crippen LogP contribution in [0.2, 0.25) is 0 Å². The Morgan fingerprint density at radius 2 is 1.94 bits per heavy atom. The normalized spacial score (nSPS) is 11.4. The Morgan fingerprint density at radius 3 is 2.39 bits per heavy atom. The molecule has 0 heterocycles. The minimum atomic E-state index is -4.35. The van der Waals surface area contributed by atoms with Crippen molar-refractivity contribution in [3.8, 4) is 0 Å². The number of amides is 1. The second-order valence-corrected chi connectivity index (χ2v) is 4.95. The fourth-order valence-corrected chi connectivity index (χ4v) is 1.97. The average Bonchev–Trinajstić information content (AvgIpc) is 2.25. The molecular formula is C12H13BrF3NO. The molecule has 0 aliphatic heterocycles. The second kappa shape index (κ2) is 5.73. The molecule has 0 N–H and O–H groups in total. The molecule has 0 fully saturated rings. The van der Waals surface area contributed by atoms with Crippen LogP contribution in [-0.2, 0) is 17.4 Å². The van der Waals surface area contributed by atoms with Gasteiger partial charge in [-0.15, -0.1) is 0 Å². The lowest BCUT2D eigenvalue weighted by atomic mass is 10.1. The number of hydrogen-bond acceptors (Lipinski definition) is 1. The van der Waals surface area contributed by atoms with E-state index in [2.05, 4.69) is 15.9 Å². The summed E-state index contributed by atoms with van der Waals surface area (Å²) < 4.78 is 37.7.